The van der Waals surface area contributed by atoms with E-state index >= 15 is 0 Å². The minimum Gasteiger partial charge on any atom is -0.369 e. The Morgan fingerprint density at radius 1 is 1.45 bits per heavy atom. The van der Waals surface area contributed by atoms with E-state index in [9.17, 15) is 18.0 Å². The van der Waals surface area contributed by atoms with Gasteiger partial charge in [-0.05, 0) is 37.5 Å². The third-order valence-corrected chi connectivity index (χ3v) is 3.55. The highest BCUT2D eigenvalue weighted by Crippen LogP contribution is 2.36. The van der Waals surface area contributed by atoms with Crippen LogP contribution in [0.1, 0.15) is 36.9 Å². The van der Waals surface area contributed by atoms with Gasteiger partial charge in [-0.2, -0.15) is 13.2 Å². The predicted octanol–water partition coefficient (Wildman–Crippen LogP) is 2.72. The highest BCUT2D eigenvalue weighted by Gasteiger charge is 2.35. The number of nitrogens with two attached hydrogens (primary N) is 1. The van der Waals surface area contributed by atoms with Gasteiger partial charge in [0.2, 0.25) is 5.91 Å². The van der Waals surface area contributed by atoms with Gasteiger partial charge in [0.25, 0.3) is 0 Å². The summed E-state index contributed by atoms with van der Waals surface area (Å²) in [5.74, 6) is -0.462. The number of amides is 1. The highest BCUT2D eigenvalue weighted by molar-refractivity contribution is 5.76. The third-order valence-electron chi connectivity index (χ3n) is 3.55. The second-order valence-electron chi connectivity index (χ2n) is 5.17. The fourth-order valence-corrected chi connectivity index (χ4v) is 2.33. The molecular weight excluding hydrogens is 269 g/mol. The number of halogens is 3. The van der Waals surface area contributed by atoms with E-state index in [1.54, 1.807) is 13.0 Å². The number of nitrogens with zero attached hydrogens (tertiary/aromatic N) is 1. The van der Waals surface area contributed by atoms with Crippen molar-refractivity contribution in [3.63, 3.8) is 0 Å². The second kappa shape index (κ2) is 5.44. The fourth-order valence-electron chi connectivity index (χ4n) is 2.33. The van der Waals surface area contributed by atoms with E-state index in [0.717, 1.165) is 25.0 Å². The van der Waals surface area contributed by atoms with Crippen molar-refractivity contribution >= 4 is 5.91 Å². The van der Waals surface area contributed by atoms with E-state index in [0.29, 0.717) is 5.56 Å². The van der Waals surface area contributed by atoms with Crippen molar-refractivity contribution < 1.29 is 18.0 Å². The number of hydrogen-bond donors (Lipinski definition) is 1. The lowest BCUT2D eigenvalue weighted by atomic mass is 10.0. The van der Waals surface area contributed by atoms with Crippen LogP contribution in [0.5, 0.6) is 0 Å². The summed E-state index contributed by atoms with van der Waals surface area (Å²) in [6.07, 6.45) is -2.45. The summed E-state index contributed by atoms with van der Waals surface area (Å²) < 4.78 is 38.2. The molecular formula is C14H17F3N2O. The topological polar surface area (TPSA) is 46.3 Å². The molecule has 1 aliphatic carbocycles. The van der Waals surface area contributed by atoms with Crippen LogP contribution < -0.4 is 5.73 Å². The Balaban J connectivity index is 2.22. The molecule has 0 aromatic heterocycles. The van der Waals surface area contributed by atoms with Crippen molar-refractivity contribution in [1.82, 2.24) is 4.90 Å². The predicted molar refractivity (Wildman–Crippen MR) is 68.8 cm³/mol. The van der Waals surface area contributed by atoms with Gasteiger partial charge in [-0.3, -0.25) is 9.69 Å². The van der Waals surface area contributed by atoms with Gasteiger partial charge < -0.3 is 5.73 Å². The molecule has 6 heteroatoms. The number of benzene rings is 1. The minimum absolute atomic E-state index is 0.0715. The van der Waals surface area contributed by atoms with Crippen LogP contribution in [-0.2, 0) is 11.0 Å². The Morgan fingerprint density at radius 2 is 2.10 bits per heavy atom. The smallest absolute Gasteiger partial charge is 0.369 e. The summed E-state index contributed by atoms with van der Waals surface area (Å²) in [5, 5.41) is 0. The standard InChI is InChI=1S/C14H17F3N2O/c1-9(19(8-13(18)20)12-5-6-12)10-3-2-4-11(7-10)14(15,16)17/h2-4,7,9,12H,5-6,8H2,1H3,(H2,18,20)/t9-/m0/s1. The number of carbonyl (C=O) groups excluding carboxylic acids is 1. The molecule has 0 aliphatic heterocycles. The Morgan fingerprint density at radius 3 is 2.60 bits per heavy atom. The zero-order valence-corrected chi connectivity index (χ0v) is 11.2. The molecule has 1 aromatic carbocycles. The zero-order valence-electron chi connectivity index (χ0n) is 11.2. The lowest BCUT2D eigenvalue weighted by molar-refractivity contribution is -0.137. The Labute approximate surface area is 115 Å². The molecule has 1 aliphatic rings. The maximum Gasteiger partial charge on any atom is 0.416 e. The van der Waals surface area contributed by atoms with Crippen molar-refractivity contribution in [1.29, 1.82) is 0 Å². The van der Waals surface area contributed by atoms with Gasteiger partial charge >= 0.3 is 6.18 Å². The molecule has 110 valence electrons. The van der Waals surface area contributed by atoms with E-state index in [4.69, 9.17) is 5.73 Å². The number of primary amides is 1. The molecule has 2 rings (SSSR count). The molecule has 1 fully saturated rings. The van der Waals surface area contributed by atoms with E-state index in [1.807, 2.05) is 4.90 Å². The van der Waals surface area contributed by atoms with Gasteiger partial charge in [0.15, 0.2) is 0 Å². The fraction of sp³-hybridized carbons (Fsp3) is 0.500. The minimum atomic E-state index is -4.36. The summed E-state index contributed by atoms with van der Waals surface area (Å²) in [5.41, 5.74) is 5.09. The number of carbonyl (C=O) groups is 1. The van der Waals surface area contributed by atoms with Gasteiger partial charge in [-0.1, -0.05) is 12.1 Å². The van der Waals surface area contributed by atoms with Gasteiger partial charge in [0.1, 0.15) is 0 Å². The molecule has 1 saturated carbocycles. The molecule has 0 spiro atoms. The molecule has 0 unspecified atom stereocenters. The van der Waals surface area contributed by atoms with E-state index in [2.05, 4.69) is 0 Å². The third kappa shape index (κ3) is 3.50. The molecule has 20 heavy (non-hydrogen) atoms. The number of hydrogen-bond acceptors (Lipinski definition) is 2. The average Bonchev–Trinajstić information content (AvgIpc) is 3.18. The quantitative estimate of drug-likeness (QED) is 0.904. The van der Waals surface area contributed by atoms with E-state index < -0.39 is 17.6 Å². The largest absolute Gasteiger partial charge is 0.416 e. The van der Waals surface area contributed by atoms with Crippen LogP contribution in [0.25, 0.3) is 0 Å². The summed E-state index contributed by atoms with van der Waals surface area (Å²) in [7, 11) is 0. The van der Waals surface area contributed by atoms with Crippen LogP contribution in [-0.4, -0.2) is 23.4 Å². The van der Waals surface area contributed by atoms with Crippen molar-refractivity contribution in [2.75, 3.05) is 6.54 Å². The molecule has 0 bridgehead atoms. The molecule has 0 saturated heterocycles. The van der Waals surface area contributed by atoms with Crippen molar-refractivity contribution in [3.8, 4) is 0 Å². The van der Waals surface area contributed by atoms with Gasteiger partial charge in [0, 0.05) is 12.1 Å². The average molecular weight is 286 g/mol. The Hall–Kier alpha value is -1.56. The number of alkyl halides is 3. The molecule has 1 atom stereocenters. The first kappa shape index (κ1) is 14.8. The van der Waals surface area contributed by atoms with Crippen LogP contribution in [0.15, 0.2) is 24.3 Å². The maximum atomic E-state index is 12.7. The van der Waals surface area contributed by atoms with E-state index in [-0.39, 0.29) is 18.6 Å². The van der Waals surface area contributed by atoms with Gasteiger partial charge in [-0.25, -0.2) is 0 Å². The zero-order chi connectivity index (χ0) is 14.9. The lowest BCUT2D eigenvalue weighted by Gasteiger charge is -2.28. The van der Waals surface area contributed by atoms with Crippen LogP contribution >= 0.6 is 0 Å². The van der Waals surface area contributed by atoms with Crippen molar-refractivity contribution in [3.05, 3.63) is 35.4 Å². The SMILES string of the molecule is C[C@@H](c1cccc(C(F)(F)F)c1)N(CC(N)=O)C1CC1. The summed E-state index contributed by atoms with van der Waals surface area (Å²) in [6.45, 7) is 1.87. The van der Waals surface area contributed by atoms with Gasteiger partial charge in [-0.15, -0.1) is 0 Å². The van der Waals surface area contributed by atoms with Crippen LogP contribution in [0.3, 0.4) is 0 Å². The molecule has 0 heterocycles. The highest BCUT2D eigenvalue weighted by atomic mass is 19.4. The van der Waals surface area contributed by atoms with E-state index in [1.165, 1.54) is 6.07 Å². The van der Waals surface area contributed by atoms with Gasteiger partial charge in [0.05, 0.1) is 12.1 Å². The van der Waals surface area contributed by atoms with Crippen LogP contribution in [0.4, 0.5) is 13.2 Å². The molecule has 0 radical (unpaired) electrons. The first-order chi connectivity index (χ1) is 9.29. The van der Waals surface area contributed by atoms with Crippen molar-refractivity contribution in [2.45, 2.75) is 38.0 Å². The first-order valence-corrected chi connectivity index (χ1v) is 6.50. The summed E-state index contributed by atoms with van der Waals surface area (Å²) in [4.78, 5) is 13.0. The molecule has 3 nitrogen and oxygen atoms in total. The first-order valence-electron chi connectivity index (χ1n) is 6.50. The Kier molecular flexibility index (Phi) is 4.04. The normalized spacial score (nSPS) is 17.2. The molecule has 1 amide bonds. The van der Waals surface area contributed by atoms with Crippen LogP contribution in [0, 0.1) is 0 Å². The monoisotopic (exact) mass is 286 g/mol. The molecule has 1 aromatic rings. The molecule has 2 N–H and O–H groups in total. The van der Waals surface area contributed by atoms with Crippen LogP contribution in [0.2, 0.25) is 0 Å². The number of rotatable bonds is 5. The maximum absolute atomic E-state index is 12.7. The van der Waals surface area contributed by atoms with Crippen molar-refractivity contribution in [2.24, 2.45) is 5.73 Å². The lowest BCUT2D eigenvalue weighted by Crippen LogP contribution is -2.37. The summed E-state index contributed by atoms with van der Waals surface area (Å²) >= 11 is 0. The second-order valence-corrected chi connectivity index (χ2v) is 5.17. The Bertz CT molecular complexity index is 497. The summed E-state index contributed by atoms with van der Waals surface area (Å²) in [6, 6.07) is 5.21.